The Kier molecular flexibility index (Phi) is 3.18. The summed E-state index contributed by atoms with van der Waals surface area (Å²) in [6.07, 6.45) is 2.08. The number of nitrogen functional groups attached to an aromatic ring is 1. The van der Waals surface area contributed by atoms with Crippen LogP contribution in [-0.2, 0) is 6.54 Å². The summed E-state index contributed by atoms with van der Waals surface area (Å²) >= 11 is 0. The first kappa shape index (κ1) is 11.7. The molecule has 2 rings (SSSR count). The Bertz CT molecular complexity index is 599. The predicted molar refractivity (Wildman–Crippen MR) is 72.3 cm³/mol. The first-order valence-electron chi connectivity index (χ1n) is 6.03. The molecule has 1 aromatic heterocycles. The van der Waals surface area contributed by atoms with Crippen molar-refractivity contribution < 1.29 is 0 Å². The number of nitrogens with two attached hydrogens (primary N) is 1. The number of benzene rings is 1. The molecular weight excluding hydrogens is 212 g/mol. The molecule has 0 spiro atoms. The van der Waals surface area contributed by atoms with Gasteiger partial charge in [0.25, 0.3) is 5.56 Å². The fraction of sp³-hybridized carbons (Fsp3) is 0.357. The van der Waals surface area contributed by atoms with Gasteiger partial charge in [0.2, 0.25) is 0 Å². The molecule has 1 aromatic carbocycles. The van der Waals surface area contributed by atoms with Crippen molar-refractivity contribution in [3.8, 4) is 0 Å². The average molecular weight is 230 g/mol. The summed E-state index contributed by atoms with van der Waals surface area (Å²) in [4.78, 5) is 12.0. The van der Waals surface area contributed by atoms with Gasteiger partial charge in [0.05, 0.1) is 5.52 Å². The number of aryl methyl sites for hydroxylation is 2. The van der Waals surface area contributed by atoms with Crippen molar-refractivity contribution >= 4 is 16.6 Å². The second kappa shape index (κ2) is 4.62. The molecule has 3 heteroatoms. The van der Waals surface area contributed by atoms with E-state index >= 15 is 0 Å². The normalized spacial score (nSPS) is 10.9. The Hall–Kier alpha value is -1.77. The summed E-state index contributed by atoms with van der Waals surface area (Å²) in [6.45, 7) is 4.84. The molecule has 0 saturated carbocycles. The van der Waals surface area contributed by atoms with Crippen LogP contribution in [0.25, 0.3) is 10.9 Å². The zero-order chi connectivity index (χ0) is 12.4. The van der Waals surface area contributed by atoms with Gasteiger partial charge in [-0.3, -0.25) is 4.79 Å². The van der Waals surface area contributed by atoms with E-state index in [1.165, 1.54) is 0 Å². The highest BCUT2D eigenvalue weighted by Crippen LogP contribution is 2.19. The second-order valence-electron chi connectivity index (χ2n) is 4.45. The highest BCUT2D eigenvalue weighted by molar-refractivity contribution is 5.85. The number of aromatic nitrogens is 1. The quantitative estimate of drug-likeness (QED) is 0.824. The molecule has 1 heterocycles. The topological polar surface area (TPSA) is 48.0 Å². The standard InChI is InChI=1S/C14H18N2O/c1-3-4-7-16-13-9-11(15)5-6-12(13)10(2)8-14(16)17/h5-6,8-9H,3-4,7,15H2,1-2H3. The third-order valence-corrected chi connectivity index (χ3v) is 3.08. The summed E-state index contributed by atoms with van der Waals surface area (Å²) in [5.74, 6) is 0. The van der Waals surface area contributed by atoms with Crippen molar-refractivity contribution in [2.75, 3.05) is 5.73 Å². The zero-order valence-corrected chi connectivity index (χ0v) is 10.4. The Morgan fingerprint density at radius 2 is 2.06 bits per heavy atom. The van der Waals surface area contributed by atoms with Gasteiger partial charge in [-0.05, 0) is 31.0 Å². The van der Waals surface area contributed by atoms with Crippen LogP contribution in [0.2, 0.25) is 0 Å². The van der Waals surface area contributed by atoms with Crippen molar-refractivity contribution in [1.82, 2.24) is 4.57 Å². The molecule has 90 valence electrons. The maximum Gasteiger partial charge on any atom is 0.251 e. The van der Waals surface area contributed by atoms with Crippen molar-refractivity contribution in [3.05, 3.63) is 40.2 Å². The Morgan fingerprint density at radius 3 is 2.76 bits per heavy atom. The van der Waals surface area contributed by atoms with Crippen LogP contribution < -0.4 is 11.3 Å². The van der Waals surface area contributed by atoms with Crippen molar-refractivity contribution in [2.45, 2.75) is 33.2 Å². The zero-order valence-electron chi connectivity index (χ0n) is 10.4. The lowest BCUT2D eigenvalue weighted by Crippen LogP contribution is -2.20. The second-order valence-corrected chi connectivity index (χ2v) is 4.45. The molecule has 0 aliphatic rings. The smallest absolute Gasteiger partial charge is 0.251 e. The Morgan fingerprint density at radius 1 is 1.29 bits per heavy atom. The first-order chi connectivity index (χ1) is 8.13. The summed E-state index contributed by atoms with van der Waals surface area (Å²) in [6, 6.07) is 7.46. The molecule has 0 unspecified atom stereocenters. The molecule has 0 fully saturated rings. The Labute approximate surface area is 101 Å². The van der Waals surface area contributed by atoms with E-state index in [1.807, 2.05) is 29.7 Å². The molecule has 0 aliphatic heterocycles. The number of rotatable bonds is 3. The SMILES string of the molecule is CCCCn1c(=O)cc(C)c2ccc(N)cc21. The van der Waals surface area contributed by atoms with E-state index < -0.39 is 0 Å². The monoisotopic (exact) mass is 230 g/mol. The van der Waals surface area contributed by atoms with Crippen molar-refractivity contribution in [3.63, 3.8) is 0 Å². The third kappa shape index (κ3) is 2.18. The summed E-state index contributed by atoms with van der Waals surface area (Å²) in [5.41, 5.74) is 8.53. The van der Waals surface area contributed by atoms with Gasteiger partial charge in [-0.15, -0.1) is 0 Å². The molecule has 3 nitrogen and oxygen atoms in total. The number of unbranched alkanes of at least 4 members (excludes halogenated alkanes) is 1. The molecule has 0 saturated heterocycles. The van der Waals surface area contributed by atoms with Crippen LogP contribution in [0, 0.1) is 6.92 Å². The number of hydrogen-bond donors (Lipinski definition) is 1. The molecule has 0 amide bonds. The van der Waals surface area contributed by atoms with E-state index in [1.54, 1.807) is 6.07 Å². The van der Waals surface area contributed by atoms with Gasteiger partial charge in [0.1, 0.15) is 0 Å². The lowest BCUT2D eigenvalue weighted by molar-refractivity contribution is 0.631. The maximum absolute atomic E-state index is 12.0. The number of pyridine rings is 1. The Balaban J connectivity index is 2.71. The van der Waals surface area contributed by atoms with Gasteiger partial charge < -0.3 is 10.3 Å². The number of hydrogen-bond acceptors (Lipinski definition) is 2. The highest BCUT2D eigenvalue weighted by atomic mass is 16.1. The van der Waals surface area contributed by atoms with Gasteiger partial charge in [0.15, 0.2) is 0 Å². The number of anilines is 1. The maximum atomic E-state index is 12.0. The summed E-state index contributed by atoms with van der Waals surface area (Å²) < 4.78 is 1.82. The molecule has 2 N–H and O–H groups in total. The van der Waals surface area contributed by atoms with E-state index in [-0.39, 0.29) is 5.56 Å². The minimum Gasteiger partial charge on any atom is -0.399 e. The molecule has 0 aliphatic carbocycles. The summed E-state index contributed by atoms with van der Waals surface area (Å²) in [7, 11) is 0. The van der Waals surface area contributed by atoms with Crippen LogP contribution in [-0.4, -0.2) is 4.57 Å². The van der Waals surface area contributed by atoms with Crippen molar-refractivity contribution in [2.24, 2.45) is 0 Å². The fourth-order valence-corrected chi connectivity index (χ4v) is 2.11. The molecule has 17 heavy (non-hydrogen) atoms. The van der Waals surface area contributed by atoms with Crippen molar-refractivity contribution in [1.29, 1.82) is 0 Å². The first-order valence-corrected chi connectivity index (χ1v) is 6.03. The van der Waals surface area contributed by atoms with Crippen LogP contribution in [0.15, 0.2) is 29.1 Å². The lowest BCUT2D eigenvalue weighted by Gasteiger charge is -2.12. The lowest BCUT2D eigenvalue weighted by atomic mass is 10.1. The van der Waals surface area contributed by atoms with Crippen LogP contribution in [0.1, 0.15) is 25.3 Å². The minimum atomic E-state index is 0.0639. The van der Waals surface area contributed by atoms with E-state index in [0.717, 1.165) is 35.9 Å². The highest BCUT2D eigenvalue weighted by Gasteiger charge is 2.06. The van der Waals surface area contributed by atoms with Gasteiger partial charge in [-0.1, -0.05) is 19.4 Å². The molecule has 0 bridgehead atoms. The van der Waals surface area contributed by atoms with Gasteiger partial charge in [-0.2, -0.15) is 0 Å². The fourth-order valence-electron chi connectivity index (χ4n) is 2.11. The molecule has 2 aromatic rings. The molecule has 0 radical (unpaired) electrons. The van der Waals surface area contributed by atoms with E-state index in [0.29, 0.717) is 5.69 Å². The van der Waals surface area contributed by atoms with Crippen LogP contribution in [0.4, 0.5) is 5.69 Å². The average Bonchev–Trinajstić information content (AvgIpc) is 2.28. The van der Waals surface area contributed by atoms with Crippen LogP contribution in [0.3, 0.4) is 0 Å². The largest absolute Gasteiger partial charge is 0.399 e. The molecular formula is C14H18N2O. The predicted octanol–water partition coefficient (Wildman–Crippen LogP) is 2.69. The summed E-state index contributed by atoms with van der Waals surface area (Å²) in [5, 5.41) is 1.11. The van der Waals surface area contributed by atoms with E-state index in [4.69, 9.17) is 5.73 Å². The third-order valence-electron chi connectivity index (χ3n) is 3.08. The number of nitrogens with zero attached hydrogens (tertiary/aromatic N) is 1. The van der Waals surface area contributed by atoms with Crippen LogP contribution >= 0.6 is 0 Å². The number of fused-ring (bicyclic) bond motifs is 1. The van der Waals surface area contributed by atoms with Gasteiger partial charge in [0, 0.05) is 23.7 Å². The van der Waals surface area contributed by atoms with Gasteiger partial charge >= 0.3 is 0 Å². The van der Waals surface area contributed by atoms with Gasteiger partial charge in [-0.25, -0.2) is 0 Å². The minimum absolute atomic E-state index is 0.0639. The van der Waals surface area contributed by atoms with Crippen LogP contribution in [0.5, 0.6) is 0 Å². The van der Waals surface area contributed by atoms with E-state index in [2.05, 4.69) is 6.92 Å². The van der Waals surface area contributed by atoms with E-state index in [9.17, 15) is 4.79 Å². The molecule has 0 atom stereocenters.